The van der Waals surface area contributed by atoms with E-state index in [1.54, 1.807) is 42.7 Å². The van der Waals surface area contributed by atoms with Gasteiger partial charge in [-0.3, -0.25) is 4.79 Å². The molecule has 9 nitrogen and oxygen atoms in total. The van der Waals surface area contributed by atoms with Crippen molar-refractivity contribution >= 4 is 40.0 Å². The van der Waals surface area contributed by atoms with E-state index >= 15 is 4.39 Å². The second kappa shape index (κ2) is 10.7. The lowest BCUT2D eigenvalue weighted by atomic mass is 10.0. The Kier molecular flexibility index (Phi) is 7.02. The van der Waals surface area contributed by atoms with Crippen LogP contribution in [0.1, 0.15) is 0 Å². The van der Waals surface area contributed by atoms with Crippen molar-refractivity contribution < 1.29 is 13.9 Å². The number of benzene rings is 2. The highest BCUT2D eigenvalue weighted by Gasteiger charge is 2.20. The molecule has 1 unspecified atom stereocenters. The average Bonchev–Trinajstić information content (AvgIpc) is 2.93. The molecule has 0 spiro atoms. The van der Waals surface area contributed by atoms with Crippen LogP contribution in [0.3, 0.4) is 0 Å². The number of pyridine rings is 1. The smallest absolute Gasteiger partial charge is 0.247 e. The zero-order valence-corrected chi connectivity index (χ0v) is 20.0. The fourth-order valence-electron chi connectivity index (χ4n) is 4.20. The molecule has 1 aliphatic rings. The fraction of sp³-hybridized carbons (Fsp3) is 0.185. The van der Waals surface area contributed by atoms with Crippen molar-refractivity contribution in [1.29, 1.82) is 0 Å². The van der Waals surface area contributed by atoms with Crippen molar-refractivity contribution in [2.75, 3.05) is 41.8 Å². The summed E-state index contributed by atoms with van der Waals surface area (Å²) >= 11 is 0. The summed E-state index contributed by atoms with van der Waals surface area (Å²) in [5.41, 5.74) is 8.28. The molecule has 2 aromatic carbocycles. The molecule has 37 heavy (non-hydrogen) atoms. The van der Waals surface area contributed by atoms with E-state index in [1.165, 1.54) is 12.1 Å². The number of hydrogen-bond acceptors (Lipinski definition) is 8. The van der Waals surface area contributed by atoms with Crippen molar-refractivity contribution in [1.82, 2.24) is 15.0 Å². The molecule has 188 valence electrons. The van der Waals surface area contributed by atoms with Crippen molar-refractivity contribution in [3.63, 3.8) is 0 Å². The van der Waals surface area contributed by atoms with E-state index in [0.717, 1.165) is 12.4 Å². The van der Waals surface area contributed by atoms with E-state index in [2.05, 4.69) is 37.1 Å². The molecule has 3 heterocycles. The predicted molar refractivity (Wildman–Crippen MR) is 142 cm³/mol. The Morgan fingerprint density at radius 1 is 1.19 bits per heavy atom. The van der Waals surface area contributed by atoms with Crippen LogP contribution in [0, 0.1) is 5.82 Å². The highest BCUT2D eigenvalue weighted by molar-refractivity contribution is 6.00. The van der Waals surface area contributed by atoms with Gasteiger partial charge in [0.15, 0.2) is 0 Å². The first-order chi connectivity index (χ1) is 18.0. The summed E-state index contributed by atoms with van der Waals surface area (Å²) in [6.07, 6.45) is 4.51. The summed E-state index contributed by atoms with van der Waals surface area (Å²) in [6, 6.07) is 13.7. The number of fused-ring (bicyclic) bond motifs is 1. The summed E-state index contributed by atoms with van der Waals surface area (Å²) in [6.45, 7) is 5.97. The largest absolute Gasteiger partial charge is 0.373 e. The molecular weight excluding hydrogens is 473 g/mol. The molecule has 5 rings (SSSR count). The van der Waals surface area contributed by atoms with Gasteiger partial charge in [-0.05, 0) is 48.0 Å². The van der Waals surface area contributed by atoms with Crippen LogP contribution in [0.2, 0.25) is 0 Å². The number of nitrogens with zero attached hydrogens (tertiary/aromatic N) is 4. The molecule has 2 aromatic heterocycles. The quantitative estimate of drug-likeness (QED) is 0.328. The van der Waals surface area contributed by atoms with Crippen LogP contribution in [0.15, 0.2) is 73.6 Å². The highest BCUT2D eigenvalue weighted by atomic mass is 19.1. The predicted octanol–water partition coefficient (Wildman–Crippen LogP) is 3.86. The zero-order chi connectivity index (χ0) is 25.8. The second-order valence-corrected chi connectivity index (χ2v) is 8.53. The third kappa shape index (κ3) is 5.40. The molecule has 1 saturated heterocycles. The minimum atomic E-state index is -0.434. The lowest BCUT2D eigenvalue weighted by Crippen LogP contribution is -2.46. The van der Waals surface area contributed by atoms with Crippen molar-refractivity contribution in [3.05, 3.63) is 79.4 Å². The Morgan fingerprint density at radius 3 is 2.86 bits per heavy atom. The van der Waals surface area contributed by atoms with E-state index in [-0.39, 0.29) is 12.0 Å². The van der Waals surface area contributed by atoms with E-state index in [4.69, 9.17) is 10.5 Å². The van der Waals surface area contributed by atoms with Crippen LogP contribution < -0.4 is 21.3 Å². The van der Waals surface area contributed by atoms with E-state index in [1.807, 2.05) is 12.1 Å². The number of aromatic nitrogens is 3. The van der Waals surface area contributed by atoms with Crippen LogP contribution >= 0.6 is 0 Å². The van der Waals surface area contributed by atoms with Gasteiger partial charge in [-0.1, -0.05) is 18.7 Å². The van der Waals surface area contributed by atoms with Crippen molar-refractivity contribution in [3.8, 4) is 11.1 Å². The van der Waals surface area contributed by atoms with E-state index in [9.17, 15) is 4.79 Å². The zero-order valence-electron chi connectivity index (χ0n) is 20.0. The monoisotopic (exact) mass is 499 g/mol. The third-order valence-electron chi connectivity index (χ3n) is 6.04. The van der Waals surface area contributed by atoms with Gasteiger partial charge in [0, 0.05) is 42.5 Å². The maximum Gasteiger partial charge on any atom is 0.247 e. The van der Waals surface area contributed by atoms with Crippen LogP contribution in [-0.4, -0.2) is 53.2 Å². The summed E-state index contributed by atoms with van der Waals surface area (Å²) in [5, 5.41) is 6.53. The molecule has 0 aliphatic carbocycles. The van der Waals surface area contributed by atoms with Gasteiger partial charge in [0.05, 0.1) is 30.1 Å². The third-order valence-corrected chi connectivity index (χ3v) is 6.04. The van der Waals surface area contributed by atoms with Gasteiger partial charge >= 0.3 is 0 Å². The molecule has 10 heteroatoms. The number of carbonyl (C=O) groups is 1. The number of ether oxygens (including phenoxy) is 1. The van der Waals surface area contributed by atoms with Gasteiger partial charge in [0.2, 0.25) is 11.9 Å². The number of nitrogens with two attached hydrogens (primary N) is 1. The summed E-state index contributed by atoms with van der Waals surface area (Å²) in [5.74, 6) is 0.354. The molecule has 4 N–H and O–H groups in total. The first-order valence-electron chi connectivity index (χ1n) is 11.8. The van der Waals surface area contributed by atoms with Crippen LogP contribution in [-0.2, 0) is 9.53 Å². The Labute approximate surface area is 213 Å². The van der Waals surface area contributed by atoms with Crippen LogP contribution in [0.5, 0.6) is 0 Å². The SMILES string of the molecule is C=CC(=O)Nc1cccc(-c2c(F)ccc3cnc(Nc4ccc(N5CCOC(CN)C5)nc4)nc23)c1. The molecule has 0 saturated carbocycles. The van der Waals surface area contributed by atoms with Crippen LogP contribution in [0.25, 0.3) is 22.0 Å². The van der Waals surface area contributed by atoms with E-state index in [0.29, 0.717) is 59.0 Å². The first kappa shape index (κ1) is 24.3. The second-order valence-electron chi connectivity index (χ2n) is 8.53. The average molecular weight is 500 g/mol. The lowest BCUT2D eigenvalue weighted by Gasteiger charge is -2.33. The molecular formula is C27H26FN7O2. The summed E-state index contributed by atoms with van der Waals surface area (Å²) < 4.78 is 20.7. The molecule has 0 bridgehead atoms. The Morgan fingerprint density at radius 2 is 2.08 bits per heavy atom. The van der Waals surface area contributed by atoms with Gasteiger partial charge in [-0.25, -0.2) is 19.3 Å². The Bertz CT molecular complexity index is 1440. The number of anilines is 4. The summed E-state index contributed by atoms with van der Waals surface area (Å²) in [4.78, 5) is 27.4. The molecule has 4 aromatic rings. The Hall–Kier alpha value is -4.41. The van der Waals surface area contributed by atoms with E-state index < -0.39 is 5.82 Å². The maximum atomic E-state index is 15.1. The topological polar surface area (TPSA) is 118 Å². The Balaban J connectivity index is 1.42. The normalized spacial score (nSPS) is 15.4. The highest BCUT2D eigenvalue weighted by Crippen LogP contribution is 2.32. The standard InChI is InChI=1S/C27H26FN7O2/c1-2-24(36)32-19-5-3-4-17(12-19)25-22(28)8-6-18-14-31-27(34-26(18)25)33-20-7-9-23(30-15-20)35-10-11-37-21(13-29)16-35/h2-9,12,14-15,21H,1,10-11,13,16,29H2,(H,32,36)(H,31,33,34). The van der Waals surface area contributed by atoms with Gasteiger partial charge in [0.25, 0.3) is 0 Å². The number of carbonyl (C=O) groups excluding carboxylic acids is 1. The van der Waals surface area contributed by atoms with Crippen molar-refractivity contribution in [2.45, 2.75) is 6.10 Å². The summed E-state index contributed by atoms with van der Waals surface area (Å²) in [7, 11) is 0. The molecule has 1 amide bonds. The molecule has 1 aliphatic heterocycles. The number of morpholine rings is 1. The lowest BCUT2D eigenvalue weighted by molar-refractivity contribution is -0.111. The maximum absolute atomic E-state index is 15.1. The van der Waals surface area contributed by atoms with Crippen LogP contribution in [0.4, 0.5) is 27.5 Å². The van der Waals surface area contributed by atoms with Gasteiger partial charge < -0.3 is 26.0 Å². The number of nitrogens with one attached hydrogen (secondary N) is 2. The number of halogens is 1. The first-order valence-corrected chi connectivity index (χ1v) is 11.8. The number of rotatable bonds is 7. The number of amides is 1. The van der Waals surface area contributed by atoms with Gasteiger partial charge in [0.1, 0.15) is 11.6 Å². The minimum Gasteiger partial charge on any atom is -0.373 e. The van der Waals surface area contributed by atoms with Crippen molar-refractivity contribution in [2.24, 2.45) is 5.73 Å². The number of hydrogen-bond donors (Lipinski definition) is 3. The molecule has 1 fully saturated rings. The molecule has 1 atom stereocenters. The molecule has 0 radical (unpaired) electrons. The van der Waals surface area contributed by atoms with Gasteiger partial charge in [-0.15, -0.1) is 0 Å². The minimum absolute atomic E-state index is 0.00658. The van der Waals surface area contributed by atoms with Gasteiger partial charge in [-0.2, -0.15) is 0 Å². The fourth-order valence-corrected chi connectivity index (χ4v) is 4.20.